The summed E-state index contributed by atoms with van der Waals surface area (Å²) in [5.74, 6) is 0.774. The summed E-state index contributed by atoms with van der Waals surface area (Å²) >= 11 is 0. The molecule has 1 aliphatic rings. The summed E-state index contributed by atoms with van der Waals surface area (Å²) in [6.45, 7) is 0.726. The molecule has 1 aliphatic heterocycles. The van der Waals surface area contributed by atoms with Crippen molar-refractivity contribution in [3.63, 3.8) is 0 Å². The number of benzene rings is 1. The summed E-state index contributed by atoms with van der Waals surface area (Å²) in [5.41, 5.74) is 7.16. The Morgan fingerprint density at radius 2 is 2.27 bits per heavy atom. The van der Waals surface area contributed by atoms with Gasteiger partial charge in [0.25, 0.3) is 0 Å². The molecule has 1 fully saturated rings. The number of nitrogens with two attached hydrogens (primary N) is 1. The van der Waals surface area contributed by atoms with Gasteiger partial charge in [0, 0.05) is 13.0 Å². The van der Waals surface area contributed by atoms with E-state index in [4.69, 9.17) is 10.5 Å². The molecule has 1 amide bonds. The monoisotopic (exact) mass is 206 g/mol. The quantitative estimate of drug-likeness (QED) is 0.744. The van der Waals surface area contributed by atoms with Crippen molar-refractivity contribution in [2.75, 3.05) is 24.3 Å². The van der Waals surface area contributed by atoms with E-state index < -0.39 is 0 Å². The summed E-state index contributed by atoms with van der Waals surface area (Å²) in [6.07, 6.45) is 1.48. The zero-order valence-electron chi connectivity index (χ0n) is 8.69. The number of nitrogen functional groups attached to an aromatic ring is 1. The first-order valence-corrected chi connectivity index (χ1v) is 4.97. The molecular formula is C11H14N2O2. The van der Waals surface area contributed by atoms with Crippen LogP contribution in [0.15, 0.2) is 18.2 Å². The molecule has 1 saturated heterocycles. The molecule has 4 nitrogen and oxygen atoms in total. The number of methoxy groups -OCH3 is 1. The van der Waals surface area contributed by atoms with E-state index >= 15 is 0 Å². The number of hydrogen-bond donors (Lipinski definition) is 1. The molecule has 0 atom stereocenters. The predicted molar refractivity (Wildman–Crippen MR) is 59.0 cm³/mol. The molecule has 2 N–H and O–H groups in total. The standard InChI is InChI=1S/C11H14N2O2/c1-15-9-5-2-4-8(12)11(9)13-7-3-6-10(13)14/h2,4-5H,3,6-7,12H2,1H3. The molecule has 4 heteroatoms. The van der Waals surface area contributed by atoms with E-state index in [1.165, 1.54) is 0 Å². The van der Waals surface area contributed by atoms with Gasteiger partial charge in [-0.15, -0.1) is 0 Å². The third-order valence-corrected chi connectivity index (χ3v) is 2.59. The van der Waals surface area contributed by atoms with Crippen molar-refractivity contribution in [1.29, 1.82) is 0 Å². The summed E-state index contributed by atoms with van der Waals surface area (Å²) in [6, 6.07) is 5.42. The molecule has 1 aromatic rings. The number of carbonyl (C=O) groups is 1. The highest BCUT2D eigenvalue weighted by Gasteiger charge is 2.25. The van der Waals surface area contributed by atoms with Gasteiger partial charge in [0.2, 0.25) is 5.91 Å². The Balaban J connectivity index is 2.45. The lowest BCUT2D eigenvalue weighted by Gasteiger charge is -2.20. The number of nitrogens with zero attached hydrogens (tertiary/aromatic N) is 1. The Labute approximate surface area is 88.6 Å². The molecule has 0 unspecified atom stereocenters. The van der Waals surface area contributed by atoms with Crippen LogP contribution in [0.5, 0.6) is 5.75 Å². The number of hydrogen-bond acceptors (Lipinski definition) is 3. The Bertz CT molecular complexity index is 390. The van der Waals surface area contributed by atoms with Crippen LogP contribution in [0.1, 0.15) is 12.8 Å². The molecule has 0 bridgehead atoms. The first kappa shape index (κ1) is 9.83. The van der Waals surface area contributed by atoms with Crippen LogP contribution >= 0.6 is 0 Å². The van der Waals surface area contributed by atoms with E-state index in [0.29, 0.717) is 23.5 Å². The van der Waals surface area contributed by atoms with Gasteiger partial charge in [-0.05, 0) is 18.6 Å². The Kier molecular flexibility index (Phi) is 2.49. The number of carbonyl (C=O) groups excluding carboxylic acids is 1. The van der Waals surface area contributed by atoms with Crippen LogP contribution in [0.2, 0.25) is 0 Å². The van der Waals surface area contributed by atoms with Gasteiger partial charge < -0.3 is 15.4 Å². The molecule has 0 aromatic heterocycles. The SMILES string of the molecule is COc1cccc(N)c1N1CCCC1=O. The third-order valence-electron chi connectivity index (χ3n) is 2.59. The lowest BCUT2D eigenvalue weighted by molar-refractivity contribution is -0.117. The second-order valence-corrected chi connectivity index (χ2v) is 3.55. The topological polar surface area (TPSA) is 55.6 Å². The van der Waals surface area contributed by atoms with E-state index in [0.717, 1.165) is 13.0 Å². The van der Waals surface area contributed by atoms with Crippen LogP contribution in [0.4, 0.5) is 11.4 Å². The molecular weight excluding hydrogens is 192 g/mol. The Hall–Kier alpha value is -1.71. The minimum Gasteiger partial charge on any atom is -0.494 e. The average Bonchev–Trinajstić information content (AvgIpc) is 2.64. The van der Waals surface area contributed by atoms with Crippen LogP contribution in [-0.2, 0) is 4.79 Å². The Morgan fingerprint density at radius 3 is 2.87 bits per heavy atom. The molecule has 80 valence electrons. The fourth-order valence-corrected chi connectivity index (χ4v) is 1.88. The van der Waals surface area contributed by atoms with Gasteiger partial charge in [0.1, 0.15) is 11.4 Å². The molecule has 15 heavy (non-hydrogen) atoms. The van der Waals surface area contributed by atoms with E-state index in [-0.39, 0.29) is 5.91 Å². The van der Waals surface area contributed by atoms with Crippen molar-refractivity contribution in [1.82, 2.24) is 0 Å². The smallest absolute Gasteiger partial charge is 0.227 e. The van der Waals surface area contributed by atoms with Gasteiger partial charge in [0.15, 0.2) is 0 Å². The van der Waals surface area contributed by atoms with Gasteiger partial charge in [-0.1, -0.05) is 6.07 Å². The lowest BCUT2D eigenvalue weighted by Crippen LogP contribution is -2.25. The number of para-hydroxylation sites is 1. The maximum absolute atomic E-state index is 11.6. The van der Waals surface area contributed by atoms with Gasteiger partial charge in [-0.2, -0.15) is 0 Å². The second kappa shape index (κ2) is 3.81. The lowest BCUT2D eigenvalue weighted by atomic mass is 10.2. The van der Waals surface area contributed by atoms with Crippen molar-refractivity contribution in [2.45, 2.75) is 12.8 Å². The van der Waals surface area contributed by atoms with E-state index in [1.807, 2.05) is 12.1 Å². The zero-order chi connectivity index (χ0) is 10.8. The highest BCUT2D eigenvalue weighted by atomic mass is 16.5. The zero-order valence-corrected chi connectivity index (χ0v) is 8.69. The van der Waals surface area contributed by atoms with Gasteiger partial charge >= 0.3 is 0 Å². The maximum Gasteiger partial charge on any atom is 0.227 e. The van der Waals surface area contributed by atoms with E-state index in [2.05, 4.69) is 0 Å². The van der Waals surface area contributed by atoms with Crippen LogP contribution in [0.3, 0.4) is 0 Å². The fourth-order valence-electron chi connectivity index (χ4n) is 1.88. The number of ether oxygens (including phenoxy) is 1. The third kappa shape index (κ3) is 1.63. The van der Waals surface area contributed by atoms with Gasteiger partial charge in [-0.3, -0.25) is 4.79 Å². The molecule has 0 radical (unpaired) electrons. The molecule has 0 spiro atoms. The summed E-state index contributed by atoms with van der Waals surface area (Å²) in [5, 5.41) is 0. The van der Waals surface area contributed by atoms with Crippen LogP contribution in [0, 0.1) is 0 Å². The van der Waals surface area contributed by atoms with Gasteiger partial charge in [-0.25, -0.2) is 0 Å². The number of rotatable bonds is 2. The van der Waals surface area contributed by atoms with Crippen molar-refractivity contribution in [3.8, 4) is 5.75 Å². The predicted octanol–water partition coefficient (Wildman–Crippen LogP) is 1.40. The van der Waals surface area contributed by atoms with E-state index in [9.17, 15) is 4.79 Å². The van der Waals surface area contributed by atoms with Crippen LogP contribution in [0.25, 0.3) is 0 Å². The highest BCUT2D eigenvalue weighted by molar-refractivity contribution is 5.99. The van der Waals surface area contributed by atoms with Crippen molar-refractivity contribution in [2.24, 2.45) is 0 Å². The summed E-state index contributed by atoms with van der Waals surface area (Å²) < 4.78 is 5.21. The molecule has 0 aliphatic carbocycles. The Morgan fingerprint density at radius 1 is 1.47 bits per heavy atom. The van der Waals surface area contributed by atoms with Crippen molar-refractivity contribution in [3.05, 3.63) is 18.2 Å². The minimum absolute atomic E-state index is 0.117. The minimum atomic E-state index is 0.117. The normalized spacial score (nSPS) is 15.8. The molecule has 1 aromatic carbocycles. The average molecular weight is 206 g/mol. The first-order valence-electron chi connectivity index (χ1n) is 4.97. The maximum atomic E-state index is 11.6. The van der Waals surface area contributed by atoms with Gasteiger partial charge in [0.05, 0.1) is 12.8 Å². The fraction of sp³-hybridized carbons (Fsp3) is 0.364. The number of amides is 1. The van der Waals surface area contributed by atoms with Crippen LogP contribution < -0.4 is 15.4 Å². The summed E-state index contributed by atoms with van der Waals surface area (Å²) in [7, 11) is 1.58. The molecule has 1 heterocycles. The van der Waals surface area contributed by atoms with E-state index in [1.54, 1.807) is 18.1 Å². The highest BCUT2D eigenvalue weighted by Crippen LogP contribution is 2.36. The molecule has 0 saturated carbocycles. The van der Waals surface area contributed by atoms with Crippen molar-refractivity contribution < 1.29 is 9.53 Å². The largest absolute Gasteiger partial charge is 0.494 e. The molecule has 2 rings (SSSR count). The van der Waals surface area contributed by atoms with Crippen LogP contribution in [-0.4, -0.2) is 19.6 Å². The first-order chi connectivity index (χ1) is 7.24. The van der Waals surface area contributed by atoms with Crippen molar-refractivity contribution >= 4 is 17.3 Å². The summed E-state index contributed by atoms with van der Waals surface area (Å²) in [4.78, 5) is 13.3. The second-order valence-electron chi connectivity index (χ2n) is 3.55. The number of anilines is 2.